The highest BCUT2D eigenvalue weighted by atomic mass is 79.9. The predicted octanol–water partition coefficient (Wildman–Crippen LogP) is 7.96. The Morgan fingerprint density at radius 1 is 0.979 bits per heavy atom. The van der Waals surface area contributed by atoms with Crippen molar-refractivity contribution in [1.82, 2.24) is 4.57 Å². The molecule has 0 fully saturated rings. The quantitative estimate of drug-likeness (QED) is 0.177. The number of hydrogen-bond donors (Lipinski definition) is 0. The molecule has 0 N–H and O–H groups in total. The summed E-state index contributed by atoms with van der Waals surface area (Å²) in [6.45, 7) is 0.367. The van der Waals surface area contributed by atoms with E-state index in [0.29, 0.717) is 31.9 Å². The van der Waals surface area contributed by atoms with Gasteiger partial charge in [-0.1, -0.05) is 90.2 Å². The first-order valence-corrected chi connectivity index (χ1v) is 16.9. The molecule has 2 heterocycles. The van der Waals surface area contributed by atoms with E-state index in [1.165, 1.54) is 29.0 Å². The van der Waals surface area contributed by atoms with Crippen molar-refractivity contribution < 1.29 is 13.9 Å². The Hall–Kier alpha value is -4.79. The standard InChI is InChI=1S/C39H28BrFN2O3S/c1-45-33-20-23(19-32(40)37(33)46-22-27-10-6-9-24-7-2-4-11-29(24)27)21-34-38(44)43-36(26-13-16-28(41)17-14-26)31-18-15-25-8-3-5-12-30(25)35(31)42-39(43)47-34/h2-14,16-17,19-21,36H,15,18,22H2,1H3/b34-21+. The summed E-state index contributed by atoms with van der Waals surface area (Å²) in [6.07, 6.45) is 3.49. The van der Waals surface area contributed by atoms with Crippen LogP contribution in [0.1, 0.15) is 40.3 Å². The zero-order chi connectivity index (χ0) is 32.1. The van der Waals surface area contributed by atoms with Gasteiger partial charge < -0.3 is 9.47 Å². The van der Waals surface area contributed by atoms with Crippen molar-refractivity contribution in [1.29, 1.82) is 0 Å². The number of nitrogens with zero attached hydrogens (tertiary/aromatic N) is 2. The van der Waals surface area contributed by atoms with Crippen LogP contribution in [0.2, 0.25) is 0 Å². The number of benzene rings is 5. The molecule has 1 atom stereocenters. The number of hydrogen-bond acceptors (Lipinski definition) is 5. The van der Waals surface area contributed by atoms with Gasteiger partial charge in [0.1, 0.15) is 12.4 Å². The van der Waals surface area contributed by atoms with Gasteiger partial charge in [0.25, 0.3) is 5.56 Å². The molecule has 0 spiro atoms. The molecule has 232 valence electrons. The van der Waals surface area contributed by atoms with E-state index < -0.39 is 0 Å². The molecular formula is C39H28BrFN2O3S. The predicted molar refractivity (Wildman–Crippen MR) is 188 cm³/mol. The van der Waals surface area contributed by atoms with E-state index in [0.717, 1.165) is 57.1 Å². The molecule has 1 aliphatic carbocycles. The SMILES string of the molecule is COc1cc(/C=c2/sc3n(c2=O)C(c2ccc(F)cc2)C2=C(N=3)c3ccccc3CC2)cc(Br)c1OCc1cccc2ccccc12. The van der Waals surface area contributed by atoms with Crippen molar-refractivity contribution in [3.63, 3.8) is 0 Å². The van der Waals surface area contributed by atoms with E-state index >= 15 is 0 Å². The minimum absolute atomic E-state index is 0.139. The van der Waals surface area contributed by atoms with Gasteiger partial charge in [0, 0.05) is 5.56 Å². The van der Waals surface area contributed by atoms with E-state index in [4.69, 9.17) is 14.5 Å². The van der Waals surface area contributed by atoms with Gasteiger partial charge in [-0.25, -0.2) is 9.38 Å². The maximum absolute atomic E-state index is 14.2. The average molecular weight is 704 g/mol. The van der Waals surface area contributed by atoms with Gasteiger partial charge in [-0.3, -0.25) is 9.36 Å². The second kappa shape index (κ2) is 12.1. The molecule has 0 radical (unpaired) electrons. The molecule has 0 saturated heterocycles. The van der Waals surface area contributed by atoms with Crippen molar-refractivity contribution in [2.75, 3.05) is 7.11 Å². The molecule has 6 aromatic rings. The zero-order valence-corrected chi connectivity index (χ0v) is 27.8. The van der Waals surface area contributed by atoms with E-state index in [1.54, 1.807) is 23.8 Å². The Bertz CT molecular complexity index is 2410. The van der Waals surface area contributed by atoms with Crippen LogP contribution in [-0.2, 0) is 13.0 Å². The lowest BCUT2D eigenvalue weighted by atomic mass is 9.83. The maximum atomic E-state index is 14.2. The minimum Gasteiger partial charge on any atom is -0.493 e. The Morgan fingerprint density at radius 2 is 1.77 bits per heavy atom. The van der Waals surface area contributed by atoms with Crippen molar-refractivity contribution in [2.45, 2.75) is 25.5 Å². The molecule has 0 saturated carbocycles. The number of methoxy groups -OCH3 is 1. The van der Waals surface area contributed by atoms with Gasteiger partial charge in [0.2, 0.25) is 0 Å². The van der Waals surface area contributed by atoms with Gasteiger partial charge in [0.15, 0.2) is 16.3 Å². The minimum atomic E-state index is -0.372. The first-order valence-electron chi connectivity index (χ1n) is 15.3. The Balaban J connectivity index is 1.20. The van der Waals surface area contributed by atoms with Gasteiger partial charge in [-0.2, -0.15) is 0 Å². The fourth-order valence-electron chi connectivity index (χ4n) is 6.65. The van der Waals surface area contributed by atoms with E-state index in [1.807, 2.05) is 48.5 Å². The van der Waals surface area contributed by atoms with Crippen molar-refractivity contribution >= 4 is 49.8 Å². The summed E-state index contributed by atoms with van der Waals surface area (Å²) in [7, 11) is 1.61. The highest BCUT2D eigenvalue weighted by Gasteiger charge is 2.32. The van der Waals surface area contributed by atoms with Gasteiger partial charge in [-0.15, -0.1) is 0 Å². The van der Waals surface area contributed by atoms with E-state index in [9.17, 15) is 9.18 Å². The summed E-state index contributed by atoms with van der Waals surface area (Å²) >= 11 is 5.05. The van der Waals surface area contributed by atoms with Crippen LogP contribution in [-0.4, -0.2) is 11.7 Å². The third kappa shape index (κ3) is 5.31. The first-order chi connectivity index (χ1) is 23.0. The van der Waals surface area contributed by atoms with Gasteiger partial charge in [-0.05, 0) is 97.7 Å². The molecule has 1 unspecified atom stereocenters. The first kappa shape index (κ1) is 29.6. The van der Waals surface area contributed by atoms with Crippen LogP contribution >= 0.6 is 27.3 Å². The molecule has 47 heavy (non-hydrogen) atoms. The highest BCUT2D eigenvalue weighted by Crippen LogP contribution is 2.41. The molecule has 2 aliphatic rings. The number of rotatable bonds is 6. The monoisotopic (exact) mass is 702 g/mol. The summed E-state index contributed by atoms with van der Waals surface area (Å²) < 4.78 is 29.1. The largest absolute Gasteiger partial charge is 0.493 e. The number of aryl methyl sites for hydroxylation is 1. The average Bonchev–Trinajstić information content (AvgIpc) is 3.40. The molecule has 1 aliphatic heterocycles. The summed E-state index contributed by atoms with van der Waals surface area (Å²) in [5, 5.41) is 2.30. The third-order valence-corrected chi connectivity index (χ3v) is 10.4. The molecule has 8 rings (SSSR count). The zero-order valence-electron chi connectivity index (χ0n) is 25.4. The van der Waals surface area contributed by atoms with E-state index in [2.05, 4.69) is 52.3 Å². The Labute approximate surface area is 282 Å². The van der Waals surface area contributed by atoms with Gasteiger partial charge in [0.05, 0.1) is 27.9 Å². The van der Waals surface area contributed by atoms with Crippen molar-refractivity contribution in [2.24, 2.45) is 4.99 Å². The molecule has 1 aromatic heterocycles. The Kier molecular flexibility index (Phi) is 7.62. The van der Waals surface area contributed by atoms with Crippen molar-refractivity contribution in [3.05, 3.63) is 166 Å². The van der Waals surface area contributed by atoms with Crippen LogP contribution in [0.15, 0.2) is 123 Å². The Morgan fingerprint density at radius 3 is 2.62 bits per heavy atom. The molecule has 0 bridgehead atoms. The topological polar surface area (TPSA) is 52.8 Å². The smallest absolute Gasteiger partial charge is 0.271 e. The number of allylic oxidation sites excluding steroid dienone is 1. The van der Waals surface area contributed by atoms with Crippen LogP contribution in [0.25, 0.3) is 22.5 Å². The van der Waals surface area contributed by atoms with Crippen LogP contribution in [0.5, 0.6) is 11.5 Å². The second-order valence-electron chi connectivity index (χ2n) is 11.6. The summed E-state index contributed by atoms with van der Waals surface area (Å²) in [5.41, 5.74) is 6.89. The number of thiazole rings is 1. The lowest BCUT2D eigenvalue weighted by Gasteiger charge is -2.30. The number of aromatic nitrogens is 1. The molecule has 0 amide bonds. The lowest BCUT2D eigenvalue weighted by Crippen LogP contribution is -2.38. The summed E-state index contributed by atoms with van der Waals surface area (Å²) in [5.74, 6) is 0.824. The number of fused-ring (bicyclic) bond motifs is 4. The number of halogens is 2. The lowest BCUT2D eigenvalue weighted by molar-refractivity contribution is 0.283. The second-order valence-corrected chi connectivity index (χ2v) is 13.5. The highest BCUT2D eigenvalue weighted by molar-refractivity contribution is 9.10. The van der Waals surface area contributed by atoms with E-state index in [-0.39, 0.29) is 17.4 Å². The molecule has 5 aromatic carbocycles. The number of ether oxygens (including phenoxy) is 2. The van der Waals surface area contributed by atoms with Crippen LogP contribution in [0.3, 0.4) is 0 Å². The molecular weight excluding hydrogens is 675 g/mol. The van der Waals surface area contributed by atoms with Crippen molar-refractivity contribution in [3.8, 4) is 11.5 Å². The summed E-state index contributed by atoms with van der Waals surface area (Å²) in [4.78, 5) is 19.9. The molecule has 8 heteroatoms. The maximum Gasteiger partial charge on any atom is 0.271 e. The fourth-order valence-corrected chi connectivity index (χ4v) is 8.23. The molecule has 5 nitrogen and oxygen atoms in total. The fraction of sp³-hybridized carbons (Fsp3) is 0.128. The third-order valence-electron chi connectivity index (χ3n) is 8.86. The van der Waals surface area contributed by atoms with Crippen LogP contribution in [0, 0.1) is 5.82 Å². The van der Waals surface area contributed by atoms with Gasteiger partial charge >= 0.3 is 0 Å². The van der Waals surface area contributed by atoms with Crippen LogP contribution in [0.4, 0.5) is 4.39 Å². The van der Waals surface area contributed by atoms with Crippen LogP contribution < -0.4 is 24.4 Å². The normalized spacial score (nSPS) is 15.6. The summed E-state index contributed by atoms with van der Waals surface area (Å²) in [6, 6.07) is 32.6.